The molecule has 3 nitrogen and oxygen atoms in total. The molecule has 0 saturated carbocycles. The van der Waals surface area contributed by atoms with Gasteiger partial charge in [0, 0.05) is 11.3 Å². The standard InChI is InChI=1S/C14H18N2OS2/c1-9(2)8-18-14-16-12(13(15)19-14)10-6-4-5-7-11(10)17-3/h4-7,9H,8,15H2,1-3H3. The zero-order valence-corrected chi connectivity index (χ0v) is 13.0. The third kappa shape index (κ3) is 3.42. The first kappa shape index (κ1) is 14.2. The third-order valence-corrected chi connectivity index (χ3v) is 4.99. The van der Waals surface area contributed by atoms with Crippen LogP contribution in [0.5, 0.6) is 5.75 Å². The zero-order valence-electron chi connectivity index (χ0n) is 11.3. The number of anilines is 1. The number of para-hydroxylation sites is 1. The number of aromatic nitrogens is 1. The normalized spacial score (nSPS) is 10.9. The van der Waals surface area contributed by atoms with Crippen molar-refractivity contribution >= 4 is 28.1 Å². The molecular formula is C14H18N2OS2. The molecule has 2 aromatic rings. The molecule has 5 heteroatoms. The molecule has 0 unspecified atom stereocenters. The fourth-order valence-corrected chi connectivity index (χ4v) is 3.56. The highest BCUT2D eigenvalue weighted by atomic mass is 32.2. The Balaban J connectivity index is 2.30. The lowest BCUT2D eigenvalue weighted by Crippen LogP contribution is -1.91. The van der Waals surface area contributed by atoms with Crippen LogP contribution in [-0.2, 0) is 0 Å². The quantitative estimate of drug-likeness (QED) is 0.842. The number of ether oxygens (including phenoxy) is 1. The van der Waals surface area contributed by atoms with E-state index in [9.17, 15) is 0 Å². The molecule has 0 amide bonds. The summed E-state index contributed by atoms with van der Waals surface area (Å²) in [6.07, 6.45) is 0. The van der Waals surface area contributed by atoms with Crippen LogP contribution in [0.15, 0.2) is 28.6 Å². The number of nitrogen functional groups attached to an aromatic ring is 1. The summed E-state index contributed by atoms with van der Waals surface area (Å²) in [6, 6.07) is 7.83. The molecular weight excluding hydrogens is 276 g/mol. The Labute approximate surface area is 122 Å². The lowest BCUT2D eigenvalue weighted by molar-refractivity contribution is 0.416. The van der Waals surface area contributed by atoms with Crippen molar-refractivity contribution < 1.29 is 4.74 Å². The Kier molecular flexibility index (Phi) is 4.71. The van der Waals surface area contributed by atoms with E-state index in [2.05, 4.69) is 18.8 Å². The largest absolute Gasteiger partial charge is 0.496 e. The Morgan fingerprint density at radius 1 is 1.37 bits per heavy atom. The minimum Gasteiger partial charge on any atom is -0.496 e. The second kappa shape index (κ2) is 6.30. The van der Waals surface area contributed by atoms with Crippen LogP contribution in [-0.4, -0.2) is 17.8 Å². The predicted molar refractivity (Wildman–Crippen MR) is 84.1 cm³/mol. The highest BCUT2D eigenvalue weighted by molar-refractivity contribution is 8.01. The summed E-state index contributed by atoms with van der Waals surface area (Å²) >= 11 is 3.30. The summed E-state index contributed by atoms with van der Waals surface area (Å²) in [5, 5.41) is 0.746. The van der Waals surface area contributed by atoms with E-state index in [0.717, 1.165) is 32.1 Å². The zero-order chi connectivity index (χ0) is 13.8. The van der Waals surface area contributed by atoms with Gasteiger partial charge in [0.2, 0.25) is 0 Å². The van der Waals surface area contributed by atoms with Crippen LogP contribution in [0, 0.1) is 5.92 Å². The minimum atomic E-state index is 0.643. The first-order valence-electron chi connectivity index (χ1n) is 6.14. The van der Waals surface area contributed by atoms with Gasteiger partial charge in [-0.3, -0.25) is 0 Å². The van der Waals surface area contributed by atoms with Crippen LogP contribution in [0.3, 0.4) is 0 Å². The number of rotatable bonds is 5. The maximum Gasteiger partial charge on any atom is 0.152 e. The molecule has 1 heterocycles. The van der Waals surface area contributed by atoms with Gasteiger partial charge in [-0.25, -0.2) is 4.98 Å². The maximum atomic E-state index is 6.09. The van der Waals surface area contributed by atoms with E-state index in [-0.39, 0.29) is 0 Å². The molecule has 0 bridgehead atoms. The van der Waals surface area contributed by atoms with Gasteiger partial charge >= 0.3 is 0 Å². The van der Waals surface area contributed by atoms with Crippen LogP contribution in [0.4, 0.5) is 5.00 Å². The molecule has 19 heavy (non-hydrogen) atoms. The molecule has 0 aliphatic rings. The van der Waals surface area contributed by atoms with Crippen molar-refractivity contribution in [2.45, 2.75) is 18.2 Å². The van der Waals surface area contributed by atoms with Crippen molar-refractivity contribution in [3.63, 3.8) is 0 Å². The molecule has 102 valence electrons. The van der Waals surface area contributed by atoms with Crippen LogP contribution >= 0.6 is 23.1 Å². The number of benzene rings is 1. The minimum absolute atomic E-state index is 0.643. The number of hydrogen-bond donors (Lipinski definition) is 1. The van der Waals surface area contributed by atoms with Crippen molar-refractivity contribution in [3.8, 4) is 17.0 Å². The van der Waals surface area contributed by atoms with Crippen molar-refractivity contribution in [2.24, 2.45) is 5.92 Å². The fourth-order valence-electron chi connectivity index (χ4n) is 1.64. The molecule has 2 N–H and O–H groups in total. The summed E-state index contributed by atoms with van der Waals surface area (Å²) < 4.78 is 6.38. The molecule has 0 atom stereocenters. The molecule has 0 saturated heterocycles. The van der Waals surface area contributed by atoms with Crippen molar-refractivity contribution in [2.75, 3.05) is 18.6 Å². The van der Waals surface area contributed by atoms with E-state index in [1.807, 2.05) is 24.3 Å². The summed E-state index contributed by atoms with van der Waals surface area (Å²) in [5.74, 6) is 2.50. The average molecular weight is 294 g/mol. The molecule has 0 aliphatic heterocycles. The highest BCUT2D eigenvalue weighted by Gasteiger charge is 2.14. The van der Waals surface area contributed by atoms with E-state index in [1.54, 1.807) is 30.2 Å². The molecule has 0 radical (unpaired) electrons. The van der Waals surface area contributed by atoms with Crippen LogP contribution in [0.25, 0.3) is 11.3 Å². The molecule has 1 aromatic heterocycles. The maximum absolute atomic E-state index is 6.09. The third-order valence-electron chi connectivity index (χ3n) is 2.54. The van der Waals surface area contributed by atoms with Gasteiger partial charge in [0.15, 0.2) is 4.34 Å². The number of thiazole rings is 1. The lowest BCUT2D eigenvalue weighted by atomic mass is 10.1. The Hall–Kier alpha value is -1.20. The monoisotopic (exact) mass is 294 g/mol. The molecule has 0 spiro atoms. The van der Waals surface area contributed by atoms with Crippen LogP contribution in [0.1, 0.15) is 13.8 Å². The average Bonchev–Trinajstić information content (AvgIpc) is 2.77. The van der Waals surface area contributed by atoms with Gasteiger partial charge < -0.3 is 10.5 Å². The second-order valence-corrected chi connectivity index (χ2v) is 6.90. The van der Waals surface area contributed by atoms with Crippen molar-refractivity contribution in [1.82, 2.24) is 4.98 Å². The highest BCUT2D eigenvalue weighted by Crippen LogP contribution is 2.39. The Bertz CT molecular complexity index is 552. The number of hydrogen-bond acceptors (Lipinski definition) is 5. The number of thioether (sulfide) groups is 1. The number of methoxy groups -OCH3 is 1. The van der Waals surface area contributed by atoms with E-state index >= 15 is 0 Å². The second-order valence-electron chi connectivity index (χ2n) is 4.60. The smallest absolute Gasteiger partial charge is 0.152 e. The summed E-state index contributed by atoms with van der Waals surface area (Å²) in [6.45, 7) is 4.40. The van der Waals surface area contributed by atoms with Gasteiger partial charge in [0.1, 0.15) is 16.4 Å². The summed E-state index contributed by atoms with van der Waals surface area (Å²) in [4.78, 5) is 4.64. The van der Waals surface area contributed by atoms with Crippen molar-refractivity contribution in [3.05, 3.63) is 24.3 Å². The first-order chi connectivity index (χ1) is 9.11. The van der Waals surface area contributed by atoms with Gasteiger partial charge in [-0.2, -0.15) is 0 Å². The number of nitrogens with two attached hydrogens (primary N) is 1. The summed E-state index contributed by atoms with van der Waals surface area (Å²) in [7, 11) is 1.66. The molecule has 2 rings (SSSR count). The lowest BCUT2D eigenvalue weighted by Gasteiger charge is -2.06. The molecule has 1 aromatic carbocycles. The van der Waals surface area contributed by atoms with Crippen molar-refractivity contribution in [1.29, 1.82) is 0 Å². The van der Waals surface area contributed by atoms with Gasteiger partial charge in [-0.15, -0.1) is 0 Å². The van der Waals surface area contributed by atoms with Crippen LogP contribution in [0.2, 0.25) is 0 Å². The number of nitrogens with zero attached hydrogens (tertiary/aromatic N) is 1. The predicted octanol–water partition coefficient (Wildman–Crippen LogP) is 4.15. The summed E-state index contributed by atoms with van der Waals surface area (Å²) in [5.41, 5.74) is 7.87. The molecule has 0 fully saturated rings. The van der Waals surface area contributed by atoms with E-state index in [4.69, 9.17) is 10.5 Å². The molecule has 0 aliphatic carbocycles. The van der Waals surface area contributed by atoms with E-state index in [1.165, 1.54) is 0 Å². The van der Waals surface area contributed by atoms with Gasteiger partial charge in [-0.1, -0.05) is 49.1 Å². The SMILES string of the molecule is COc1ccccc1-c1nc(SCC(C)C)sc1N. The van der Waals surface area contributed by atoms with Gasteiger partial charge in [0.25, 0.3) is 0 Å². The Morgan fingerprint density at radius 3 is 2.79 bits per heavy atom. The van der Waals surface area contributed by atoms with E-state index in [0.29, 0.717) is 5.92 Å². The van der Waals surface area contributed by atoms with Gasteiger partial charge in [-0.05, 0) is 18.1 Å². The fraction of sp³-hybridized carbons (Fsp3) is 0.357. The van der Waals surface area contributed by atoms with E-state index < -0.39 is 0 Å². The van der Waals surface area contributed by atoms with Gasteiger partial charge in [0.05, 0.1) is 7.11 Å². The topological polar surface area (TPSA) is 48.1 Å². The first-order valence-corrected chi connectivity index (χ1v) is 7.94. The van der Waals surface area contributed by atoms with Crippen LogP contribution < -0.4 is 10.5 Å². The Morgan fingerprint density at radius 2 is 2.11 bits per heavy atom.